The molecule has 2 heterocycles. The normalized spacial score (nSPS) is 12.2. The fraction of sp³-hybridized carbons (Fsp3) is 0.333. The Kier molecular flexibility index (Phi) is 2.49. The molecule has 0 atom stereocenters. The molecule has 0 radical (unpaired) electrons. The molecular weight excluding hydrogens is 241 g/mol. The van der Waals surface area contributed by atoms with E-state index in [1.54, 1.807) is 12.3 Å². The summed E-state index contributed by atoms with van der Waals surface area (Å²) in [5, 5.41) is 1.71. The van der Waals surface area contributed by atoms with Crippen LogP contribution in [-0.2, 0) is 6.54 Å². The number of nitrogens with zero attached hydrogens (tertiary/aromatic N) is 2. The highest BCUT2D eigenvalue weighted by atomic mass is 32.1. The predicted molar refractivity (Wildman–Crippen MR) is 54.7 cm³/mol. The van der Waals surface area contributed by atoms with E-state index in [2.05, 4.69) is 4.98 Å². The van der Waals surface area contributed by atoms with Gasteiger partial charge in [0.05, 0.1) is 11.8 Å². The summed E-state index contributed by atoms with van der Waals surface area (Å²) in [4.78, 5) is 15.5. The van der Waals surface area contributed by atoms with Crippen molar-refractivity contribution in [2.75, 3.05) is 0 Å². The zero-order valence-corrected chi connectivity index (χ0v) is 9.02. The summed E-state index contributed by atoms with van der Waals surface area (Å²) in [6, 6.07) is 0. The predicted octanol–water partition coefficient (Wildman–Crippen LogP) is 2.33. The molecule has 2 aromatic heterocycles. The Hall–Kier alpha value is -1.37. The Morgan fingerprint density at radius 3 is 2.81 bits per heavy atom. The first-order valence-corrected chi connectivity index (χ1v) is 5.26. The van der Waals surface area contributed by atoms with Crippen molar-refractivity contribution in [3.63, 3.8) is 0 Å². The smallest absolute Gasteiger partial charge is 0.289 e. The van der Waals surface area contributed by atoms with Crippen molar-refractivity contribution in [3.8, 4) is 0 Å². The van der Waals surface area contributed by atoms with Gasteiger partial charge in [-0.3, -0.25) is 9.36 Å². The lowest BCUT2D eigenvalue weighted by atomic mass is 10.3. The molecule has 3 nitrogen and oxygen atoms in total. The Labute approximate surface area is 92.2 Å². The molecular formula is C9H7F3N2OS. The third-order valence-electron chi connectivity index (χ3n) is 2.07. The van der Waals surface area contributed by atoms with Crippen molar-refractivity contribution in [1.82, 2.24) is 9.55 Å². The van der Waals surface area contributed by atoms with Crippen LogP contribution in [0.3, 0.4) is 0 Å². The minimum atomic E-state index is -4.41. The largest absolute Gasteiger partial charge is 0.406 e. The molecule has 0 unspecified atom stereocenters. The van der Waals surface area contributed by atoms with E-state index in [1.165, 1.54) is 0 Å². The molecule has 16 heavy (non-hydrogen) atoms. The zero-order valence-electron chi connectivity index (χ0n) is 8.21. The van der Waals surface area contributed by atoms with Gasteiger partial charge in [-0.25, -0.2) is 4.98 Å². The van der Waals surface area contributed by atoms with Crippen LogP contribution < -0.4 is 5.56 Å². The number of thiophene rings is 1. The first kappa shape index (κ1) is 11.1. The summed E-state index contributed by atoms with van der Waals surface area (Å²) in [5.74, 6) is 0. The van der Waals surface area contributed by atoms with E-state index in [0.29, 0.717) is 10.1 Å². The number of halogens is 3. The van der Waals surface area contributed by atoms with Crippen LogP contribution in [0.5, 0.6) is 0 Å². The van der Waals surface area contributed by atoms with E-state index in [9.17, 15) is 18.0 Å². The minimum Gasteiger partial charge on any atom is -0.289 e. The fourth-order valence-corrected chi connectivity index (χ4v) is 2.32. The van der Waals surface area contributed by atoms with E-state index in [-0.39, 0.29) is 4.70 Å². The molecule has 0 bridgehead atoms. The van der Waals surface area contributed by atoms with Gasteiger partial charge >= 0.3 is 6.18 Å². The van der Waals surface area contributed by atoms with Crippen LogP contribution in [0.15, 0.2) is 16.5 Å². The monoisotopic (exact) mass is 248 g/mol. The Morgan fingerprint density at radius 1 is 1.50 bits per heavy atom. The van der Waals surface area contributed by atoms with Crippen molar-refractivity contribution >= 4 is 21.6 Å². The van der Waals surface area contributed by atoms with Gasteiger partial charge in [0.1, 0.15) is 11.2 Å². The molecule has 0 aromatic carbocycles. The van der Waals surface area contributed by atoms with Crippen LogP contribution >= 0.6 is 11.3 Å². The van der Waals surface area contributed by atoms with Gasteiger partial charge in [0.15, 0.2) is 0 Å². The van der Waals surface area contributed by atoms with Gasteiger partial charge in [-0.2, -0.15) is 13.2 Å². The average molecular weight is 248 g/mol. The second-order valence-corrected chi connectivity index (χ2v) is 4.27. The second-order valence-electron chi connectivity index (χ2n) is 3.39. The molecule has 0 N–H and O–H groups in total. The van der Waals surface area contributed by atoms with Crippen LogP contribution in [0.25, 0.3) is 10.2 Å². The SMILES string of the molecule is Cc1csc2c(=O)n(CC(F)(F)F)cnc12. The lowest BCUT2D eigenvalue weighted by Gasteiger charge is -2.08. The van der Waals surface area contributed by atoms with Crippen LogP contribution in [-0.4, -0.2) is 15.7 Å². The van der Waals surface area contributed by atoms with Crippen LogP contribution in [0.2, 0.25) is 0 Å². The molecule has 0 aliphatic rings. The van der Waals surface area contributed by atoms with Gasteiger partial charge in [-0.1, -0.05) is 0 Å². The fourth-order valence-electron chi connectivity index (χ4n) is 1.37. The topological polar surface area (TPSA) is 34.9 Å². The highest BCUT2D eigenvalue weighted by Crippen LogP contribution is 2.21. The second kappa shape index (κ2) is 3.58. The van der Waals surface area contributed by atoms with Gasteiger partial charge in [-0.05, 0) is 17.9 Å². The summed E-state index contributed by atoms with van der Waals surface area (Å²) in [6.45, 7) is 0.463. The van der Waals surface area contributed by atoms with Gasteiger partial charge in [0, 0.05) is 0 Å². The lowest BCUT2D eigenvalue weighted by Crippen LogP contribution is -2.27. The minimum absolute atomic E-state index is 0.268. The molecule has 0 spiro atoms. The number of fused-ring (bicyclic) bond motifs is 1. The number of aromatic nitrogens is 2. The van der Waals surface area contributed by atoms with Crippen molar-refractivity contribution in [3.05, 3.63) is 27.6 Å². The average Bonchev–Trinajstić information content (AvgIpc) is 2.52. The van der Waals surface area contributed by atoms with E-state index >= 15 is 0 Å². The number of hydrogen-bond donors (Lipinski definition) is 0. The van der Waals surface area contributed by atoms with Crippen molar-refractivity contribution in [2.24, 2.45) is 0 Å². The van der Waals surface area contributed by atoms with Gasteiger partial charge in [0.25, 0.3) is 5.56 Å². The van der Waals surface area contributed by atoms with E-state index in [4.69, 9.17) is 0 Å². The standard InChI is InChI=1S/C9H7F3N2OS/c1-5-2-16-7-6(5)13-4-14(8(7)15)3-9(10,11)12/h2,4H,3H2,1H3. The molecule has 0 amide bonds. The maximum absolute atomic E-state index is 12.1. The third kappa shape index (κ3) is 1.95. The first-order chi connectivity index (χ1) is 7.38. The zero-order chi connectivity index (χ0) is 11.9. The van der Waals surface area contributed by atoms with Crippen molar-refractivity contribution in [1.29, 1.82) is 0 Å². The van der Waals surface area contributed by atoms with Gasteiger partial charge in [-0.15, -0.1) is 11.3 Å². The summed E-state index contributed by atoms with van der Waals surface area (Å²) < 4.78 is 37.3. The number of hydrogen-bond acceptors (Lipinski definition) is 3. The summed E-state index contributed by atoms with van der Waals surface area (Å²) in [5.41, 5.74) is 0.644. The molecule has 0 aliphatic heterocycles. The highest BCUT2D eigenvalue weighted by Gasteiger charge is 2.28. The van der Waals surface area contributed by atoms with E-state index in [1.807, 2.05) is 0 Å². The maximum atomic E-state index is 12.1. The third-order valence-corrected chi connectivity index (χ3v) is 3.15. The summed E-state index contributed by atoms with van der Waals surface area (Å²) in [7, 11) is 0. The van der Waals surface area contributed by atoms with Gasteiger partial charge in [0.2, 0.25) is 0 Å². The Morgan fingerprint density at radius 2 is 2.19 bits per heavy atom. The van der Waals surface area contributed by atoms with Gasteiger partial charge < -0.3 is 0 Å². The quantitative estimate of drug-likeness (QED) is 0.776. The summed E-state index contributed by atoms with van der Waals surface area (Å²) in [6.07, 6.45) is -3.47. The van der Waals surface area contributed by atoms with Crippen LogP contribution in [0, 0.1) is 6.92 Å². The van der Waals surface area contributed by atoms with E-state index in [0.717, 1.165) is 23.2 Å². The van der Waals surface area contributed by atoms with Crippen molar-refractivity contribution in [2.45, 2.75) is 19.6 Å². The summed E-state index contributed by atoms with van der Waals surface area (Å²) >= 11 is 1.12. The highest BCUT2D eigenvalue weighted by molar-refractivity contribution is 7.17. The van der Waals surface area contributed by atoms with Crippen LogP contribution in [0.4, 0.5) is 13.2 Å². The number of aryl methyl sites for hydroxylation is 1. The molecule has 0 saturated heterocycles. The molecule has 7 heteroatoms. The number of rotatable bonds is 1. The number of alkyl halides is 3. The molecule has 2 aromatic rings. The van der Waals surface area contributed by atoms with Crippen molar-refractivity contribution < 1.29 is 13.2 Å². The van der Waals surface area contributed by atoms with E-state index < -0.39 is 18.3 Å². The molecule has 86 valence electrons. The Bertz CT molecular complexity index is 584. The lowest BCUT2D eigenvalue weighted by molar-refractivity contribution is -0.141. The maximum Gasteiger partial charge on any atom is 0.406 e. The molecule has 0 fully saturated rings. The van der Waals surface area contributed by atoms with Crippen LogP contribution in [0.1, 0.15) is 5.56 Å². The Balaban J connectivity index is 2.58. The molecule has 0 aliphatic carbocycles. The molecule has 0 saturated carbocycles. The first-order valence-electron chi connectivity index (χ1n) is 4.38. The molecule has 2 rings (SSSR count).